The molecule has 0 saturated heterocycles. The Kier molecular flexibility index (Phi) is 5.91. The number of thioether (sulfide) groups is 1. The number of nitrogens with one attached hydrogen (secondary N) is 1. The zero-order valence-corrected chi connectivity index (χ0v) is 15.0. The van der Waals surface area contributed by atoms with Gasteiger partial charge in [-0.2, -0.15) is 0 Å². The van der Waals surface area contributed by atoms with Crippen molar-refractivity contribution in [2.75, 3.05) is 17.7 Å². The second-order valence-corrected chi connectivity index (χ2v) is 6.27. The first kappa shape index (κ1) is 18.0. The third kappa shape index (κ3) is 4.43. The zero-order valence-electron chi connectivity index (χ0n) is 14.2. The van der Waals surface area contributed by atoms with Gasteiger partial charge in [0.05, 0.1) is 18.0 Å². The Bertz CT molecular complexity index is 881. The molecule has 0 atom stereocenters. The van der Waals surface area contributed by atoms with Crippen LogP contribution >= 0.6 is 11.8 Å². The lowest BCUT2D eigenvalue weighted by molar-refractivity contribution is -0.113. The molecule has 2 aromatic carbocycles. The number of rotatable bonds is 7. The molecule has 3 rings (SSSR count). The van der Waals surface area contributed by atoms with Gasteiger partial charge in [-0.05, 0) is 43.3 Å². The van der Waals surface area contributed by atoms with E-state index in [4.69, 9.17) is 4.74 Å². The molecule has 0 saturated carbocycles. The van der Waals surface area contributed by atoms with E-state index in [-0.39, 0.29) is 17.3 Å². The highest BCUT2D eigenvalue weighted by molar-refractivity contribution is 7.99. The van der Waals surface area contributed by atoms with E-state index >= 15 is 0 Å². The monoisotopic (exact) mass is 371 g/mol. The summed E-state index contributed by atoms with van der Waals surface area (Å²) in [5.74, 6) is 0.181. The third-order valence-electron chi connectivity index (χ3n) is 3.51. The van der Waals surface area contributed by atoms with E-state index in [1.165, 1.54) is 23.9 Å². The summed E-state index contributed by atoms with van der Waals surface area (Å²) in [5.41, 5.74) is 1.09. The molecule has 3 aromatic rings. The van der Waals surface area contributed by atoms with Crippen LogP contribution in [0.4, 0.5) is 10.1 Å². The van der Waals surface area contributed by atoms with Crippen molar-refractivity contribution in [1.82, 2.24) is 9.55 Å². The first-order valence-electron chi connectivity index (χ1n) is 8.11. The number of nitrogens with zero attached hydrogens (tertiary/aromatic N) is 2. The number of carbonyl (C=O) groups is 1. The van der Waals surface area contributed by atoms with E-state index in [9.17, 15) is 9.18 Å². The van der Waals surface area contributed by atoms with Crippen LogP contribution in [-0.2, 0) is 4.79 Å². The second kappa shape index (κ2) is 8.53. The summed E-state index contributed by atoms with van der Waals surface area (Å²) in [5, 5.41) is 3.24. The van der Waals surface area contributed by atoms with Gasteiger partial charge in [0.25, 0.3) is 0 Å². The number of hydrogen-bond acceptors (Lipinski definition) is 4. The summed E-state index contributed by atoms with van der Waals surface area (Å²) in [6.07, 6.45) is 3.50. The van der Waals surface area contributed by atoms with E-state index in [1.54, 1.807) is 18.3 Å². The topological polar surface area (TPSA) is 56.2 Å². The van der Waals surface area contributed by atoms with E-state index in [0.717, 1.165) is 11.4 Å². The van der Waals surface area contributed by atoms with Gasteiger partial charge < -0.3 is 10.1 Å². The fourth-order valence-corrected chi connectivity index (χ4v) is 3.11. The first-order valence-corrected chi connectivity index (χ1v) is 9.09. The van der Waals surface area contributed by atoms with Crippen molar-refractivity contribution < 1.29 is 13.9 Å². The number of halogens is 1. The molecule has 0 bridgehead atoms. The van der Waals surface area contributed by atoms with Crippen LogP contribution in [0.15, 0.2) is 66.1 Å². The van der Waals surface area contributed by atoms with Gasteiger partial charge >= 0.3 is 0 Å². The summed E-state index contributed by atoms with van der Waals surface area (Å²) in [6.45, 7) is 2.55. The second-order valence-electron chi connectivity index (χ2n) is 5.32. The highest BCUT2D eigenvalue weighted by atomic mass is 32.2. The molecule has 0 fully saturated rings. The maximum absolute atomic E-state index is 13.6. The fraction of sp³-hybridized carbons (Fsp3) is 0.158. The maximum atomic E-state index is 13.6. The van der Waals surface area contributed by atoms with E-state index in [0.29, 0.717) is 11.8 Å². The van der Waals surface area contributed by atoms with Crippen molar-refractivity contribution in [2.45, 2.75) is 12.1 Å². The zero-order chi connectivity index (χ0) is 18.4. The molecular formula is C19H18FN3O2S. The van der Waals surface area contributed by atoms with Crippen molar-refractivity contribution in [1.29, 1.82) is 0 Å². The summed E-state index contributed by atoms with van der Waals surface area (Å²) in [7, 11) is 0. The van der Waals surface area contributed by atoms with Crippen LogP contribution < -0.4 is 10.1 Å². The number of carbonyl (C=O) groups excluding carboxylic acids is 1. The lowest BCUT2D eigenvalue weighted by Crippen LogP contribution is -2.15. The molecular weight excluding hydrogens is 353 g/mol. The van der Waals surface area contributed by atoms with Gasteiger partial charge in [-0.15, -0.1) is 0 Å². The van der Waals surface area contributed by atoms with Crippen LogP contribution in [0.1, 0.15) is 6.92 Å². The Hall–Kier alpha value is -2.80. The molecule has 134 valence electrons. The number of ether oxygens (including phenoxy) is 1. The van der Waals surface area contributed by atoms with Gasteiger partial charge in [0.15, 0.2) is 5.16 Å². The molecule has 0 radical (unpaired) electrons. The van der Waals surface area contributed by atoms with Crippen LogP contribution in [0.2, 0.25) is 0 Å². The summed E-state index contributed by atoms with van der Waals surface area (Å²) in [4.78, 5) is 16.4. The molecule has 5 nitrogen and oxygen atoms in total. The fourth-order valence-electron chi connectivity index (χ4n) is 2.34. The highest BCUT2D eigenvalue weighted by Crippen LogP contribution is 2.23. The lowest BCUT2D eigenvalue weighted by atomic mass is 10.3. The van der Waals surface area contributed by atoms with Gasteiger partial charge in [-0.25, -0.2) is 9.37 Å². The highest BCUT2D eigenvalue weighted by Gasteiger charge is 2.11. The van der Waals surface area contributed by atoms with Gasteiger partial charge in [0, 0.05) is 18.1 Å². The van der Waals surface area contributed by atoms with Crippen molar-refractivity contribution >= 4 is 23.4 Å². The minimum atomic E-state index is -0.457. The number of anilines is 1. The molecule has 0 unspecified atom stereocenters. The van der Waals surface area contributed by atoms with Gasteiger partial charge in [-0.3, -0.25) is 9.36 Å². The SMILES string of the molecule is CCOc1ccc(-n2ccnc2SCC(=O)Nc2ccccc2F)cc1. The van der Waals surface area contributed by atoms with Crippen molar-refractivity contribution in [3.05, 3.63) is 66.7 Å². The summed E-state index contributed by atoms with van der Waals surface area (Å²) >= 11 is 1.28. The van der Waals surface area contributed by atoms with E-state index in [2.05, 4.69) is 10.3 Å². The van der Waals surface area contributed by atoms with Crippen LogP contribution in [-0.4, -0.2) is 27.8 Å². The molecule has 7 heteroatoms. The molecule has 0 aliphatic heterocycles. The number of imidazole rings is 1. The molecule has 0 aliphatic carbocycles. The molecule has 0 spiro atoms. The molecule has 0 aliphatic rings. The average Bonchev–Trinajstić information content (AvgIpc) is 3.11. The summed E-state index contributed by atoms with van der Waals surface area (Å²) in [6, 6.07) is 13.7. The number of hydrogen-bond donors (Lipinski definition) is 1. The normalized spacial score (nSPS) is 10.5. The van der Waals surface area contributed by atoms with Gasteiger partial charge in [0.1, 0.15) is 11.6 Å². The van der Waals surface area contributed by atoms with E-state index in [1.807, 2.05) is 42.0 Å². The van der Waals surface area contributed by atoms with Crippen LogP contribution in [0, 0.1) is 5.82 Å². The minimum absolute atomic E-state index is 0.127. The van der Waals surface area contributed by atoms with Gasteiger partial charge in [-0.1, -0.05) is 23.9 Å². The lowest BCUT2D eigenvalue weighted by Gasteiger charge is -2.09. The third-order valence-corrected chi connectivity index (χ3v) is 4.48. The first-order chi connectivity index (χ1) is 12.7. The number of benzene rings is 2. The maximum Gasteiger partial charge on any atom is 0.234 e. The molecule has 1 heterocycles. The van der Waals surface area contributed by atoms with Crippen LogP contribution in [0.5, 0.6) is 5.75 Å². The van der Waals surface area contributed by atoms with Crippen molar-refractivity contribution in [3.63, 3.8) is 0 Å². The Labute approximate surface area is 155 Å². The predicted octanol–water partition coefficient (Wildman–Crippen LogP) is 4.14. The Morgan fingerprint density at radius 1 is 1.23 bits per heavy atom. The number of aromatic nitrogens is 2. The minimum Gasteiger partial charge on any atom is -0.494 e. The quantitative estimate of drug-likeness (QED) is 0.634. The summed E-state index contributed by atoms with van der Waals surface area (Å²) < 4.78 is 20.9. The van der Waals surface area contributed by atoms with Crippen molar-refractivity contribution in [3.8, 4) is 11.4 Å². The molecule has 26 heavy (non-hydrogen) atoms. The largest absolute Gasteiger partial charge is 0.494 e. The molecule has 1 amide bonds. The Balaban J connectivity index is 1.63. The molecule has 1 N–H and O–H groups in total. The van der Waals surface area contributed by atoms with Gasteiger partial charge in [0.2, 0.25) is 5.91 Å². The van der Waals surface area contributed by atoms with Crippen molar-refractivity contribution in [2.24, 2.45) is 0 Å². The standard InChI is InChI=1S/C19H18FN3O2S/c1-2-25-15-9-7-14(8-10-15)23-12-11-21-19(23)26-13-18(24)22-17-6-4-3-5-16(17)20/h3-12H,2,13H2,1H3,(H,22,24). The Morgan fingerprint density at radius 2 is 2.00 bits per heavy atom. The van der Waals surface area contributed by atoms with Crippen LogP contribution in [0.25, 0.3) is 5.69 Å². The van der Waals surface area contributed by atoms with E-state index < -0.39 is 5.82 Å². The number of para-hydroxylation sites is 1. The smallest absolute Gasteiger partial charge is 0.234 e. The predicted molar refractivity (Wildman–Crippen MR) is 100 cm³/mol. The Morgan fingerprint density at radius 3 is 2.73 bits per heavy atom. The van der Waals surface area contributed by atoms with Crippen LogP contribution in [0.3, 0.4) is 0 Å². The average molecular weight is 371 g/mol. The molecule has 1 aromatic heterocycles. The number of amides is 1.